The van der Waals surface area contributed by atoms with E-state index >= 15 is 0 Å². The Bertz CT molecular complexity index is 142. The van der Waals surface area contributed by atoms with Crippen LogP contribution in [0.15, 0.2) is 0 Å². The van der Waals surface area contributed by atoms with Gasteiger partial charge >= 0.3 is 96.7 Å². The second-order valence-electron chi connectivity index (χ2n) is 4.69. The quantitative estimate of drug-likeness (QED) is 0.503. The first-order chi connectivity index (χ1) is 6.88. The molecule has 2 fully saturated rings. The summed E-state index contributed by atoms with van der Waals surface area (Å²) >= 11 is -0.224. The Kier molecular flexibility index (Phi) is 4.95. The van der Waals surface area contributed by atoms with E-state index in [-0.39, 0.29) is 16.3 Å². The Morgan fingerprint density at radius 1 is 0.643 bits per heavy atom. The van der Waals surface area contributed by atoms with Crippen molar-refractivity contribution in [2.45, 2.75) is 73.0 Å². The Labute approximate surface area is 96.6 Å². The third-order valence-corrected chi connectivity index (χ3v) is 11.8. The predicted molar refractivity (Wildman–Crippen MR) is 63.4 cm³/mol. The standard InChI is InChI=1S/2C6H11.H2P.Pd/c2*1-2-4-6-5-3-1;;/h2*1H,2-6H2;1H2;/q;;-1;+1. The Hall–Kier alpha value is 1.09. The molecule has 2 aliphatic carbocycles. The third-order valence-electron chi connectivity index (χ3n) is 3.59. The van der Waals surface area contributed by atoms with Crippen molar-refractivity contribution in [3.05, 3.63) is 0 Å². The van der Waals surface area contributed by atoms with Gasteiger partial charge in [-0.15, -0.1) is 0 Å². The Morgan fingerprint density at radius 3 is 1.36 bits per heavy atom. The summed E-state index contributed by atoms with van der Waals surface area (Å²) in [5, 5.41) is 0. The van der Waals surface area contributed by atoms with Crippen LogP contribution >= 0.6 is 7.43 Å². The third kappa shape index (κ3) is 3.04. The van der Waals surface area contributed by atoms with Crippen LogP contribution in [0.2, 0.25) is 8.78 Å². The predicted octanol–water partition coefficient (Wildman–Crippen LogP) is 4.90. The van der Waals surface area contributed by atoms with Gasteiger partial charge in [0.25, 0.3) is 0 Å². The molecule has 0 spiro atoms. The molecule has 0 aromatic heterocycles. The molecule has 0 radical (unpaired) electrons. The fourth-order valence-corrected chi connectivity index (χ4v) is 9.56. The van der Waals surface area contributed by atoms with E-state index in [1.807, 2.05) is 0 Å². The molecule has 0 aromatic rings. The van der Waals surface area contributed by atoms with E-state index in [9.17, 15) is 0 Å². The van der Waals surface area contributed by atoms with Crippen molar-refractivity contribution < 1.29 is 16.3 Å². The zero-order valence-electron chi connectivity index (χ0n) is 9.12. The fraction of sp³-hybridized carbons (Fsp3) is 1.00. The SMILES string of the molecule is [PH2][Pd]([CH]1CCCCC1)[CH]1CCCCC1. The van der Waals surface area contributed by atoms with Crippen molar-refractivity contribution in [1.29, 1.82) is 0 Å². The molecule has 2 rings (SSSR count). The van der Waals surface area contributed by atoms with Gasteiger partial charge in [0.05, 0.1) is 0 Å². The van der Waals surface area contributed by atoms with Crippen molar-refractivity contribution in [3.63, 3.8) is 0 Å². The summed E-state index contributed by atoms with van der Waals surface area (Å²) in [7, 11) is 3.31. The molecule has 1 unspecified atom stereocenters. The van der Waals surface area contributed by atoms with Crippen LogP contribution in [0, 0.1) is 0 Å². The number of rotatable bonds is 2. The van der Waals surface area contributed by atoms with Crippen LogP contribution in [0.25, 0.3) is 0 Å². The summed E-state index contributed by atoms with van der Waals surface area (Å²) in [6.45, 7) is 0. The van der Waals surface area contributed by atoms with Gasteiger partial charge < -0.3 is 0 Å². The Morgan fingerprint density at radius 2 is 1.00 bits per heavy atom. The second kappa shape index (κ2) is 5.98. The van der Waals surface area contributed by atoms with Crippen LogP contribution in [0.1, 0.15) is 64.2 Å². The normalized spacial score (nSPS) is 27.6. The number of hydrogen-bond acceptors (Lipinski definition) is 0. The molecule has 2 saturated carbocycles. The Balaban J connectivity index is 1.82. The summed E-state index contributed by atoms with van der Waals surface area (Å²) < 4.78 is 2.34. The van der Waals surface area contributed by atoms with Gasteiger partial charge in [0.15, 0.2) is 0 Å². The zero-order valence-corrected chi connectivity index (χ0v) is 11.8. The first-order valence-corrected chi connectivity index (χ1v) is 11.0. The summed E-state index contributed by atoms with van der Waals surface area (Å²) in [5.41, 5.74) is 0. The molecule has 87 valence electrons. The first kappa shape index (κ1) is 11.6. The molecule has 0 heterocycles. The van der Waals surface area contributed by atoms with Crippen LogP contribution in [0.4, 0.5) is 0 Å². The molecule has 2 aliphatic rings. The summed E-state index contributed by atoms with van der Waals surface area (Å²) in [5.74, 6) is 0. The van der Waals surface area contributed by atoms with Crippen molar-refractivity contribution in [1.82, 2.24) is 0 Å². The van der Waals surface area contributed by atoms with Crippen molar-refractivity contribution >= 4 is 7.43 Å². The van der Waals surface area contributed by atoms with Gasteiger partial charge in [-0.3, -0.25) is 0 Å². The summed E-state index contributed by atoms with van der Waals surface area (Å²) in [6.07, 6.45) is 15.4. The van der Waals surface area contributed by atoms with Gasteiger partial charge in [-0.25, -0.2) is 0 Å². The molecular weight excluding hydrogens is 282 g/mol. The van der Waals surface area contributed by atoms with Gasteiger partial charge in [-0.2, -0.15) is 0 Å². The minimum absolute atomic E-state index is 0.224. The van der Waals surface area contributed by atoms with E-state index in [0.29, 0.717) is 0 Å². The van der Waals surface area contributed by atoms with Crippen molar-refractivity contribution in [2.24, 2.45) is 0 Å². The molecule has 0 nitrogen and oxygen atoms in total. The molecular formula is C12H24PPd. The van der Waals surface area contributed by atoms with E-state index in [1.165, 1.54) is 47.3 Å². The average molecular weight is 306 g/mol. The van der Waals surface area contributed by atoms with Gasteiger partial charge in [-0.05, 0) is 0 Å². The van der Waals surface area contributed by atoms with Crippen LogP contribution in [-0.2, 0) is 16.3 Å². The maximum atomic E-state index is 3.31. The summed E-state index contributed by atoms with van der Waals surface area (Å²) in [4.78, 5) is 0. The average Bonchev–Trinajstić information content (AvgIpc) is 2.30. The van der Waals surface area contributed by atoms with E-state index in [0.717, 1.165) is 0 Å². The van der Waals surface area contributed by atoms with Crippen molar-refractivity contribution in [2.75, 3.05) is 0 Å². The number of hydrogen-bond donors (Lipinski definition) is 0. The molecule has 0 N–H and O–H groups in total. The molecule has 0 aromatic carbocycles. The second-order valence-corrected chi connectivity index (χ2v) is 11.3. The van der Waals surface area contributed by atoms with E-state index in [1.54, 1.807) is 25.7 Å². The topological polar surface area (TPSA) is 0 Å². The van der Waals surface area contributed by atoms with Gasteiger partial charge in [0.2, 0.25) is 0 Å². The molecule has 0 saturated heterocycles. The molecule has 14 heavy (non-hydrogen) atoms. The summed E-state index contributed by atoms with van der Waals surface area (Å²) in [6, 6.07) is 0. The molecule has 0 bridgehead atoms. The monoisotopic (exact) mass is 305 g/mol. The van der Waals surface area contributed by atoms with Crippen LogP contribution in [-0.4, -0.2) is 0 Å². The van der Waals surface area contributed by atoms with Gasteiger partial charge in [-0.1, -0.05) is 0 Å². The van der Waals surface area contributed by atoms with E-state index < -0.39 is 0 Å². The van der Waals surface area contributed by atoms with Crippen LogP contribution in [0.3, 0.4) is 0 Å². The van der Waals surface area contributed by atoms with E-state index in [2.05, 4.69) is 7.43 Å². The van der Waals surface area contributed by atoms with Gasteiger partial charge in [0, 0.05) is 0 Å². The van der Waals surface area contributed by atoms with Gasteiger partial charge in [0.1, 0.15) is 0 Å². The molecule has 1 atom stereocenters. The molecule has 2 heteroatoms. The van der Waals surface area contributed by atoms with Crippen molar-refractivity contribution in [3.8, 4) is 0 Å². The minimum atomic E-state index is -0.224. The molecule has 0 aliphatic heterocycles. The molecule has 0 amide bonds. The van der Waals surface area contributed by atoms with Crippen LogP contribution < -0.4 is 0 Å². The van der Waals surface area contributed by atoms with Crippen LogP contribution in [0.5, 0.6) is 0 Å². The van der Waals surface area contributed by atoms with E-state index in [4.69, 9.17) is 0 Å². The maximum absolute atomic E-state index is 3.31. The first-order valence-electron chi connectivity index (χ1n) is 6.18. The zero-order chi connectivity index (χ0) is 9.80. The fourth-order valence-electron chi connectivity index (χ4n) is 2.69.